The van der Waals surface area contributed by atoms with Crippen molar-refractivity contribution >= 4 is 0 Å². The largest absolute Gasteiger partial charge is 0.393 e. The molecule has 0 radical (unpaired) electrons. The maximum atomic E-state index is 11.9. The molecule has 11 atom stereocenters. The van der Waals surface area contributed by atoms with Crippen LogP contribution in [0.4, 0.5) is 0 Å². The lowest BCUT2D eigenvalue weighted by Gasteiger charge is -2.64. The van der Waals surface area contributed by atoms with E-state index in [1.54, 1.807) is 0 Å². The van der Waals surface area contributed by atoms with Crippen molar-refractivity contribution < 1.29 is 10.2 Å². The van der Waals surface area contributed by atoms with E-state index in [4.69, 9.17) is 4.98 Å². The van der Waals surface area contributed by atoms with Crippen molar-refractivity contribution in [3.8, 4) is 0 Å². The molecule has 1 aromatic rings. The predicted molar refractivity (Wildman–Crippen MR) is 144 cm³/mol. The first-order valence-electron chi connectivity index (χ1n) is 15.2. The van der Waals surface area contributed by atoms with Gasteiger partial charge in [-0.1, -0.05) is 54.9 Å². The van der Waals surface area contributed by atoms with E-state index in [9.17, 15) is 10.2 Å². The molecule has 0 aliphatic heterocycles. The van der Waals surface area contributed by atoms with Gasteiger partial charge in [0.25, 0.3) is 0 Å². The number of aliphatic hydroxyl groups is 2. The highest BCUT2D eigenvalue weighted by Gasteiger charge is 2.64. The number of nitrogens with one attached hydrogen (secondary N) is 1. The second-order valence-corrected chi connectivity index (χ2v) is 15.0. The second kappa shape index (κ2) is 9.36. The summed E-state index contributed by atoms with van der Waals surface area (Å²) in [6.45, 7) is 16.4. The molecule has 0 aromatic carbocycles. The van der Waals surface area contributed by atoms with Gasteiger partial charge in [0.05, 0.1) is 12.2 Å². The molecule has 204 valence electrons. The molecule has 0 amide bonds. The molecule has 1 heterocycles. The van der Waals surface area contributed by atoms with E-state index in [-0.39, 0.29) is 23.0 Å². The molecule has 5 heteroatoms. The molecular weight excluding hydrogens is 446 g/mol. The molecule has 1 aromatic heterocycles. The molecule has 0 spiro atoms. The van der Waals surface area contributed by atoms with E-state index in [2.05, 4.69) is 58.7 Å². The zero-order valence-corrected chi connectivity index (χ0v) is 24.1. The third-order valence-corrected chi connectivity index (χ3v) is 12.2. The van der Waals surface area contributed by atoms with E-state index in [1.165, 1.54) is 25.7 Å². The minimum absolute atomic E-state index is 0.0194. The van der Waals surface area contributed by atoms with Gasteiger partial charge in [-0.3, -0.25) is 5.10 Å². The molecule has 0 saturated heterocycles. The molecule has 4 saturated carbocycles. The van der Waals surface area contributed by atoms with E-state index in [0.29, 0.717) is 40.9 Å². The zero-order chi connectivity index (χ0) is 26.0. The van der Waals surface area contributed by atoms with Crippen LogP contribution in [-0.2, 0) is 11.8 Å². The molecule has 4 unspecified atom stereocenters. The van der Waals surface area contributed by atoms with E-state index < -0.39 is 0 Å². The summed E-state index contributed by atoms with van der Waals surface area (Å²) in [5.41, 5.74) is 0.593. The van der Waals surface area contributed by atoms with Crippen molar-refractivity contribution in [1.82, 2.24) is 15.2 Å². The third-order valence-electron chi connectivity index (χ3n) is 12.2. The van der Waals surface area contributed by atoms with Crippen LogP contribution in [0, 0.1) is 52.3 Å². The number of H-pyrrole nitrogens is 1. The SMILES string of the molecule is CC[C@@H]1C2C[C@H](O)CCC2(C)[C@H]2CCC3(C)C([C@H](C)CCc4nc(C(C)(C)C)n[nH]4)CC[C@H]3[C@@H]2[C@@H]1O. The van der Waals surface area contributed by atoms with Gasteiger partial charge in [0.15, 0.2) is 5.82 Å². The van der Waals surface area contributed by atoms with E-state index in [0.717, 1.165) is 56.1 Å². The molecule has 0 bridgehead atoms. The van der Waals surface area contributed by atoms with Gasteiger partial charge in [-0.05, 0) is 104 Å². The normalized spacial score (nSPS) is 45.6. The summed E-state index contributed by atoms with van der Waals surface area (Å²) in [7, 11) is 0. The first-order valence-corrected chi connectivity index (χ1v) is 15.2. The summed E-state index contributed by atoms with van der Waals surface area (Å²) >= 11 is 0. The zero-order valence-electron chi connectivity index (χ0n) is 24.1. The van der Waals surface area contributed by atoms with Gasteiger partial charge in [0.2, 0.25) is 0 Å². The Morgan fingerprint density at radius 3 is 2.36 bits per heavy atom. The molecule has 3 N–H and O–H groups in total. The third kappa shape index (κ3) is 4.19. The van der Waals surface area contributed by atoms with Gasteiger partial charge in [0.1, 0.15) is 5.82 Å². The van der Waals surface area contributed by atoms with Crippen LogP contribution < -0.4 is 0 Å². The first kappa shape index (κ1) is 26.7. The Morgan fingerprint density at radius 1 is 1.00 bits per heavy atom. The molecule has 36 heavy (non-hydrogen) atoms. The number of aromatic nitrogens is 3. The fraction of sp³-hybridized carbons (Fsp3) is 0.935. The van der Waals surface area contributed by atoms with Crippen LogP contribution in [0.2, 0.25) is 0 Å². The van der Waals surface area contributed by atoms with Crippen LogP contribution in [-0.4, -0.2) is 37.6 Å². The number of aliphatic hydroxyl groups excluding tert-OH is 2. The first-order chi connectivity index (χ1) is 16.9. The number of aromatic amines is 1. The van der Waals surface area contributed by atoms with Crippen LogP contribution in [0.15, 0.2) is 0 Å². The Hall–Kier alpha value is -0.940. The Morgan fingerprint density at radius 2 is 1.69 bits per heavy atom. The lowest BCUT2D eigenvalue weighted by Crippen LogP contribution is -2.62. The Balaban J connectivity index is 1.33. The Bertz CT molecular complexity index is 923. The van der Waals surface area contributed by atoms with Crippen LogP contribution >= 0.6 is 0 Å². The van der Waals surface area contributed by atoms with Gasteiger partial charge in [-0.25, -0.2) is 4.98 Å². The summed E-state index contributed by atoms with van der Waals surface area (Å²) in [6, 6.07) is 0. The van der Waals surface area contributed by atoms with Gasteiger partial charge in [-0.2, -0.15) is 5.10 Å². The lowest BCUT2D eigenvalue weighted by atomic mass is 9.41. The van der Waals surface area contributed by atoms with Crippen LogP contribution in [0.1, 0.15) is 118 Å². The highest BCUT2D eigenvalue weighted by molar-refractivity contribution is 5.13. The van der Waals surface area contributed by atoms with Crippen molar-refractivity contribution in [2.75, 3.05) is 0 Å². The van der Waals surface area contributed by atoms with Crippen molar-refractivity contribution in [3.05, 3.63) is 11.6 Å². The van der Waals surface area contributed by atoms with E-state index >= 15 is 0 Å². The van der Waals surface area contributed by atoms with Gasteiger partial charge in [-0.15, -0.1) is 0 Å². The van der Waals surface area contributed by atoms with Gasteiger partial charge >= 0.3 is 0 Å². The summed E-state index contributed by atoms with van der Waals surface area (Å²) in [4.78, 5) is 4.79. The number of nitrogens with zero attached hydrogens (tertiary/aromatic N) is 2. The number of hydrogen-bond acceptors (Lipinski definition) is 4. The van der Waals surface area contributed by atoms with Crippen molar-refractivity contribution in [3.63, 3.8) is 0 Å². The highest BCUT2D eigenvalue weighted by Crippen LogP contribution is 2.69. The maximum absolute atomic E-state index is 11.9. The monoisotopic (exact) mass is 499 g/mol. The Kier molecular flexibility index (Phi) is 6.93. The minimum Gasteiger partial charge on any atom is -0.393 e. The summed E-state index contributed by atoms with van der Waals surface area (Å²) in [6.07, 6.45) is 10.9. The van der Waals surface area contributed by atoms with Gasteiger partial charge in [0, 0.05) is 11.8 Å². The van der Waals surface area contributed by atoms with Crippen molar-refractivity contribution in [2.45, 2.75) is 130 Å². The van der Waals surface area contributed by atoms with Gasteiger partial charge < -0.3 is 10.2 Å². The number of fused-ring (bicyclic) bond motifs is 5. The predicted octanol–water partition coefficient (Wildman–Crippen LogP) is 6.30. The maximum Gasteiger partial charge on any atom is 0.155 e. The average molecular weight is 500 g/mol. The highest BCUT2D eigenvalue weighted by atomic mass is 16.3. The molecule has 4 fully saturated rings. The van der Waals surface area contributed by atoms with E-state index in [1.807, 2.05) is 0 Å². The topological polar surface area (TPSA) is 82.0 Å². The number of hydrogen-bond donors (Lipinski definition) is 3. The van der Waals surface area contributed by atoms with Crippen LogP contribution in [0.5, 0.6) is 0 Å². The average Bonchev–Trinajstić information content (AvgIpc) is 3.43. The summed E-state index contributed by atoms with van der Waals surface area (Å²) in [5, 5.41) is 30.1. The van der Waals surface area contributed by atoms with Crippen molar-refractivity contribution in [1.29, 1.82) is 0 Å². The van der Waals surface area contributed by atoms with Crippen LogP contribution in [0.3, 0.4) is 0 Å². The number of aryl methyl sites for hydroxylation is 1. The quantitative estimate of drug-likeness (QED) is 0.444. The van der Waals surface area contributed by atoms with Crippen molar-refractivity contribution in [2.24, 2.45) is 52.3 Å². The standard InChI is InChI=1S/C31H53N3O2/c1-8-20-24-17-19(35)13-15-31(24,7)23-14-16-30(6)21(10-11-22(30)26(23)27(20)36)18(2)9-12-25-32-28(34-33-25)29(3,4)5/h18-24,26-27,35-36H,8-17H2,1-7H3,(H,32,33,34)/t18-,19-,20-,21?,22+,23+,24?,26+,27-,30?,31?/m1/s1. The minimum atomic E-state index is -0.202. The molecule has 5 nitrogen and oxygen atoms in total. The number of rotatable bonds is 5. The lowest BCUT2D eigenvalue weighted by molar-refractivity contribution is -0.203. The Labute approximate surface area is 219 Å². The molecule has 4 aliphatic rings. The molecule has 5 rings (SSSR count). The second-order valence-electron chi connectivity index (χ2n) is 15.0. The molecular formula is C31H53N3O2. The fourth-order valence-electron chi connectivity index (χ4n) is 10.2. The smallest absolute Gasteiger partial charge is 0.155 e. The summed E-state index contributed by atoms with van der Waals surface area (Å²) in [5.74, 6) is 5.81. The van der Waals surface area contributed by atoms with Crippen LogP contribution in [0.25, 0.3) is 0 Å². The summed E-state index contributed by atoms with van der Waals surface area (Å²) < 4.78 is 0. The molecule has 4 aliphatic carbocycles. The fourth-order valence-corrected chi connectivity index (χ4v) is 10.2.